The lowest BCUT2D eigenvalue weighted by Gasteiger charge is -2.11. The van der Waals surface area contributed by atoms with Gasteiger partial charge >= 0.3 is 0 Å². The van der Waals surface area contributed by atoms with Gasteiger partial charge in [-0.1, -0.05) is 11.2 Å². The van der Waals surface area contributed by atoms with Crippen molar-refractivity contribution in [1.82, 2.24) is 5.16 Å². The number of aryl methyl sites for hydroxylation is 2. The van der Waals surface area contributed by atoms with Gasteiger partial charge in [0, 0.05) is 6.07 Å². The minimum absolute atomic E-state index is 0.00331. The van der Waals surface area contributed by atoms with Crippen molar-refractivity contribution in [2.75, 3.05) is 12.4 Å². The predicted octanol–water partition coefficient (Wildman–Crippen LogP) is 4.41. The van der Waals surface area contributed by atoms with Crippen LogP contribution in [0.25, 0.3) is 0 Å². The minimum Gasteiger partial charge on any atom is -0.495 e. The minimum atomic E-state index is -0.843. The smallest absolute Gasteiger partial charge is 0.278 e. The third-order valence-corrected chi connectivity index (χ3v) is 4.07. The van der Waals surface area contributed by atoms with Crippen LogP contribution in [-0.4, -0.2) is 18.2 Å². The lowest BCUT2D eigenvalue weighted by Crippen LogP contribution is -2.16. The van der Waals surface area contributed by atoms with Gasteiger partial charge in [0.2, 0.25) is 0 Å². The maximum absolute atomic E-state index is 13.8. The summed E-state index contributed by atoms with van der Waals surface area (Å²) in [4.78, 5) is 12.7. The number of anilines is 1. The molecule has 0 aliphatic rings. The maximum Gasteiger partial charge on any atom is 0.278 e. The SMILES string of the molecule is COc1ccc(C)cc1NC(=O)c1noc(C)c1COc1ccc(F)cc1F. The van der Waals surface area contributed by atoms with E-state index in [0.717, 1.165) is 11.6 Å². The average Bonchev–Trinajstić information content (AvgIpc) is 3.02. The van der Waals surface area contributed by atoms with E-state index in [2.05, 4.69) is 10.5 Å². The molecule has 0 saturated heterocycles. The van der Waals surface area contributed by atoms with Crippen molar-refractivity contribution in [2.45, 2.75) is 20.5 Å². The van der Waals surface area contributed by atoms with Gasteiger partial charge in [-0.15, -0.1) is 0 Å². The van der Waals surface area contributed by atoms with E-state index in [0.29, 0.717) is 28.8 Å². The van der Waals surface area contributed by atoms with Crippen LogP contribution in [0.2, 0.25) is 0 Å². The first-order chi connectivity index (χ1) is 13.4. The molecule has 3 rings (SSSR count). The standard InChI is InChI=1S/C20H18F2N2O4/c1-11-4-6-18(26-3)16(8-11)23-20(25)19-14(12(2)28-24-19)10-27-17-7-5-13(21)9-15(17)22/h4-9H,10H2,1-3H3,(H,23,25). The zero-order chi connectivity index (χ0) is 20.3. The van der Waals surface area contributed by atoms with Crippen molar-refractivity contribution in [3.8, 4) is 11.5 Å². The van der Waals surface area contributed by atoms with E-state index in [9.17, 15) is 13.6 Å². The van der Waals surface area contributed by atoms with Crippen molar-refractivity contribution in [1.29, 1.82) is 0 Å². The van der Waals surface area contributed by atoms with Gasteiger partial charge in [0.25, 0.3) is 5.91 Å². The summed E-state index contributed by atoms with van der Waals surface area (Å²) in [5.41, 5.74) is 1.77. The van der Waals surface area contributed by atoms with Crippen molar-refractivity contribution in [2.24, 2.45) is 0 Å². The molecule has 1 heterocycles. The molecule has 3 aromatic rings. The van der Waals surface area contributed by atoms with Crippen LogP contribution in [0.4, 0.5) is 14.5 Å². The maximum atomic E-state index is 13.8. The Morgan fingerprint density at radius 1 is 1.14 bits per heavy atom. The largest absolute Gasteiger partial charge is 0.495 e. The highest BCUT2D eigenvalue weighted by Gasteiger charge is 2.22. The number of methoxy groups -OCH3 is 1. The number of benzene rings is 2. The Labute approximate surface area is 160 Å². The number of carbonyl (C=O) groups excluding carboxylic acids is 1. The van der Waals surface area contributed by atoms with Crippen LogP contribution in [0.1, 0.15) is 27.4 Å². The number of aromatic nitrogens is 1. The highest BCUT2D eigenvalue weighted by atomic mass is 19.1. The molecule has 146 valence electrons. The second kappa shape index (κ2) is 8.08. The Balaban J connectivity index is 1.80. The summed E-state index contributed by atoms with van der Waals surface area (Å²) >= 11 is 0. The molecule has 8 heteroatoms. The summed E-state index contributed by atoms with van der Waals surface area (Å²) in [7, 11) is 1.50. The molecule has 1 amide bonds. The van der Waals surface area contributed by atoms with E-state index >= 15 is 0 Å². The van der Waals surface area contributed by atoms with E-state index in [1.54, 1.807) is 19.1 Å². The van der Waals surface area contributed by atoms with Gasteiger partial charge < -0.3 is 19.3 Å². The Kier molecular flexibility index (Phi) is 5.58. The Hall–Kier alpha value is -3.42. The van der Waals surface area contributed by atoms with E-state index in [1.807, 2.05) is 13.0 Å². The Morgan fingerprint density at radius 2 is 1.89 bits per heavy atom. The molecular formula is C20H18F2N2O4. The van der Waals surface area contributed by atoms with E-state index in [1.165, 1.54) is 13.2 Å². The summed E-state index contributed by atoms with van der Waals surface area (Å²) in [6.07, 6.45) is 0. The third kappa shape index (κ3) is 4.11. The summed E-state index contributed by atoms with van der Waals surface area (Å²) in [6.45, 7) is 3.31. The van der Waals surface area contributed by atoms with Crippen molar-refractivity contribution in [3.63, 3.8) is 0 Å². The third-order valence-electron chi connectivity index (χ3n) is 4.07. The van der Waals surface area contributed by atoms with Gasteiger partial charge in [0.15, 0.2) is 17.3 Å². The van der Waals surface area contributed by atoms with Crippen LogP contribution in [0.3, 0.4) is 0 Å². The molecular weight excluding hydrogens is 370 g/mol. The normalized spacial score (nSPS) is 10.6. The van der Waals surface area contributed by atoms with Crippen molar-refractivity contribution >= 4 is 11.6 Å². The van der Waals surface area contributed by atoms with Crippen LogP contribution in [0, 0.1) is 25.5 Å². The number of ether oxygens (including phenoxy) is 2. The van der Waals surface area contributed by atoms with Crippen LogP contribution in [0.15, 0.2) is 40.9 Å². The topological polar surface area (TPSA) is 73.6 Å². The number of carbonyl (C=O) groups is 1. The van der Waals surface area contributed by atoms with Crippen LogP contribution >= 0.6 is 0 Å². The number of rotatable bonds is 6. The van der Waals surface area contributed by atoms with Gasteiger partial charge in [-0.2, -0.15) is 0 Å². The first kappa shape index (κ1) is 19.3. The second-order valence-corrected chi connectivity index (χ2v) is 6.09. The van der Waals surface area contributed by atoms with Crippen molar-refractivity contribution in [3.05, 3.63) is 70.6 Å². The number of nitrogens with one attached hydrogen (secondary N) is 1. The molecule has 0 aliphatic carbocycles. The fourth-order valence-electron chi connectivity index (χ4n) is 2.58. The quantitative estimate of drug-likeness (QED) is 0.677. The fraction of sp³-hybridized carbons (Fsp3) is 0.200. The van der Waals surface area contributed by atoms with Gasteiger partial charge in [-0.05, 0) is 43.7 Å². The van der Waals surface area contributed by atoms with Gasteiger partial charge in [-0.3, -0.25) is 4.79 Å². The molecule has 2 aromatic carbocycles. The fourth-order valence-corrected chi connectivity index (χ4v) is 2.58. The predicted molar refractivity (Wildman–Crippen MR) is 97.6 cm³/mol. The molecule has 6 nitrogen and oxygen atoms in total. The number of nitrogens with zero attached hydrogens (tertiary/aromatic N) is 1. The first-order valence-electron chi connectivity index (χ1n) is 8.38. The molecule has 28 heavy (non-hydrogen) atoms. The molecule has 0 saturated carbocycles. The summed E-state index contributed by atoms with van der Waals surface area (Å²) in [5.74, 6) is -1.38. The molecule has 0 bridgehead atoms. The van der Waals surface area contributed by atoms with E-state index in [-0.39, 0.29) is 18.1 Å². The van der Waals surface area contributed by atoms with Gasteiger partial charge in [0.1, 0.15) is 23.9 Å². The number of hydrogen-bond acceptors (Lipinski definition) is 5. The summed E-state index contributed by atoms with van der Waals surface area (Å²) < 4.78 is 42.5. The number of halogens is 2. The van der Waals surface area contributed by atoms with Crippen LogP contribution in [-0.2, 0) is 6.61 Å². The Bertz CT molecular complexity index is 1020. The number of amides is 1. The zero-order valence-electron chi connectivity index (χ0n) is 15.5. The number of hydrogen-bond donors (Lipinski definition) is 1. The molecule has 1 N–H and O–H groups in total. The van der Waals surface area contributed by atoms with Gasteiger partial charge in [-0.25, -0.2) is 8.78 Å². The second-order valence-electron chi connectivity index (χ2n) is 6.09. The molecule has 0 aliphatic heterocycles. The highest BCUT2D eigenvalue weighted by molar-refractivity contribution is 6.04. The van der Waals surface area contributed by atoms with Gasteiger partial charge in [0.05, 0.1) is 18.4 Å². The molecule has 1 aromatic heterocycles. The summed E-state index contributed by atoms with van der Waals surface area (Å²) in [5, 5.41) is 6.50. The highest BCUT2D eigenvalue weighted by Crippen LogP contribution is 2.27. The van der Waals surface area contributed by atoms with Crippen molar-refractivity contribution < 1.29 is 27.6 Å². The molecule has 0 fully saturated rings. The van der Waals surface area contributed by atoms with Crippen LogP contribution in [0.5, 0.6) is 11.5 Å². The zero-order valence-corrected chi connectivity index (χ0v) is 15.5. The molecule has 0 unspecified atom stereocenters. The average molecular weight is 388 g/mol. The van der Waals surface area contributed by atoms with E-state index < -0.39 is 17.5 Å². The van der Waals surface area contributed by atoms with Crippen LogP contribution < -0.4 is 14.8 Å². The van der Waals surface area contributed by atoms with E-state index in [4.69, 9.17) is 14.0 Å². The lowest BCUT2D eigenvalue weighted by atomic mass is 10.1. The molecule has 0 spiro atoms. The summed E-state index contributed by atoms with van der Waals surface area (Å²) in [6, 6.07) is 8.31. The molecule has 0 atom stereocenters. The first-order valence-corrected chi connectivity index (χ1v) is 8.38. The molecule has 0 radical (unpaired) electrons. The monoisotopic (exact) mass is 388 g/mol. The Morgan fingerprint density at radius 3 is 2.61 bits per heavy atom. The lowest BCUT2D eigenvalue weighted by molar-refractivity contribution is 0.101.